The summed E-state index contributed by atoms with van der Waals surface area (Å²) in [5, 5.41) is 6.77. The Balaban J connectivity index is 1.64. The molecule has 0 spiro atoms. The molecular weight excluding hydrogens is 312 g/mol. The molecule has 7 heteroatoms. The number of benzene rings is 1. The molecule has 120 valence electrons. The Bertz CT molecular complexity index is 726. The highest BCUT2D eigenvalue weighted by Crippen LogP contribution is 2.33. The van der Waals surface area contributed by atoms with E-state index in [0.717, 1.165) is 22.7 Å². The molecule has 0 saturated carbocycles. The fourth-order valence-corrected chi connectivity index (χ4v) is 3.62. The third-order valence-corrected chi connectivity index (χ3v) is 4.88. The van der Waals surface area contributed by atoms with Crippen molar-refractivity contribution in [3.05, 3.63) is 36.7 Å². The number of aromatic nitrogens is 2. The zero-order valence-corrected chi connectivity index (χ0v) is 13.8. The van der Waals surface area contributed by atoms with Crippen molar-refractivity contribution >= 4 is 35.0 Å². The molecule has 1 unspecified atom stereocenters. The van der Waals surface area contributed by atoms with Crippen LogP contribution in [0, 0.1) is 0 Å². The lowest BCUT2D eigenvalue weighted by Crippen LogP contribution is -2.27. The van der Waals surface area contributed by atoms with Crippen molar-refractivity contribution in [1.82, 2.24) is 9.78 Å². The first-order chi connectivity index (χ1) is 11.0. The Kier molecular flexibility index (Phi) is 4.38. The molecule has 2 amide bonds. The molecule has 2 aromatic rings. The van der Waals surface area contributed by atoms with Crippen LogP contribution < -0.4 is 10.2 Å². The van der Waals surface area contributed by atoms with Crippen molar-refractivity contribution in [3.8, 4) is 0 Å². The summed E-state index contributed by atoms with van der Waals surface area (Å²) >= 11 is 1.56. The number of amides is 2. The van der Waals surface area contributed by atoms with E-state index >= 15 is 0 Å². The number of nitrogens with zero attached hydrogens (tertiary/aromatic N) is 3. The molecule has 1 atom stereocenters. The fourth-order valence-electron chi connectivity index (χ4n) is 2.55. The maximum Gasteiger partial charge on any atom is 0.240 e. The second-order valence-corrected chi connectivity index (χ2v) is 6.74. The van der Waals surface area contributed by atoms with Crippen LogP contribution in [-0.2, 0) is 16.6 Å². The first-order valence-corrected chi connectivity index (χ1v) is 8.25. The number of hydrogen-bond acceptors (Lipinski definition) is 4. The Morgan fingerprint density at radius 2 is 2.09 bits per heavy atom. The number of rotatable bonds is 4. The molecule has 1 aromatic heterocycles. The van der Waals surface area contributed by atoms with Crippen molar-refractivity contribution in [2.24, 2.45) is 7.05 Å². The van der Waals surface area contributed by atoms with Crippen LogP contribution in [0.15, 0.2) is 41.6 Å². The van der Waals surface area contributed by atoms with Crippen LogP contribution in [0.3, 0.4) is 0 Å². The van der Waals surface area contributed by atoms with E-state index in [2.05, 4.69) is 10.4 Å². The summed E-state index contributed by atoms with van der Waals surface area (Å²) in [4.78, 5) is 26.4. The molecule has 0 radical (unpaired) electrons. The van der Waals surface area contributed by atoms with Crippen LogP contribution in [0.25, 0.3) is 0 Å². The summed E-state index contributed by atoms with van der Waals surface area (Å²) in [5.74, 6) is 0.0254. The van der Waals surface area contributed by atoms with Gasteiger partial charge >= 0.3 is 0 Å². The van der Waals surface area contributed by atoms with Crippen LogP contribution in [0.4, 0.5) is 11.4 Å². The van der Waals surface area contributed by atoms with E-state index in [9.17, 15) is 9.59 Å². The van der Waals surface area contributed by atoms with Gasteiger partial charge in [-0.3, -0.25) is 14.3 Å². The zero-order chi connectivity index (χ0) is 16.4. The third kappa shape index (κ3) is 3.56. The highest BCUT2D eigenvalue weighted by molar-refractivity contribution is 8.00. The van der Waals surface area contributed by atoms with Gasteiger partial charge in [-0.25, -0.2) is 0 Å². The molecule has 0 aliphatic carbocycles. The Morgan fingerprint density at radius 3 is 2.70 bits per heavy atom. The molecule has 1 fully saturated rings. The van der Waals surface area contributed by atoms with Gasteiger partial charge in [0.25, 0.3) is 0 Å². The number of aryl methyl sites for hydroxylation is 1. The molecule has 1 saturated heterocycles. The maximum atomic E-state index is 12.5. The van der Waals surface area contributed by atoms with E-state index in [1.807, 2.05) is 37.5 Å². The second-order valence-electron chi connectivity index (χ2n) is 5.46. The summed E-state index contributed by atoms with van der Waals surface area (Å²) in [5.41, 5.74) is 1.61. The molecule has 0 bridgehead atoms. The van der Waals surface area contributed by atoms with Crippen LogP contribution in [-0.4, -0.2) is 33.4 Å². The largest absolute Gasteiger partial charge is 0.326 e. The van der Waals surface area contributed by atoms with Crippen LogP contribution in [0.5, 0.6) is 0 Å². The summed E-state index contributed by atoms with van der Waals surface area (Å²) in [7, 11) is 1.84. The Hall–Kier alpha value is -2.28. The molecule has 23 heavy (non-hydrogen) atoms. The van der Waals surface area contributed by atoms with Gasteiger partial charge in [-0.2, -0.15) is 5.10 Å². The maximum absolute atomic E-state index is 12.5. The van der Waals surface area contributed by atoms with E-state index in [0.29, 0.717) is 6.54 Å². The van der Waals surface area contributed by atoms with Gasteiger partial charge in [-0.1, -0.05) is 0 Å². The molecule has 1 aromatic carbocycles. The first-order valence-electron chi connectivity index (χ1n) is 7.37. The monoisotopic (exact) mass is 330 g/mol. The van der Waals surface area contributed by atoms with Crippen molar-refractivity contribution in [2.75, 3.05) is 16.8 Å². The molecule has 2 heterocycles. The van der Waals surface area contributed by atoms with E-state index in [1.54, 1.807) is 27.5 Å². The van der Waals surface area contributed by atoms with E-state index in [4.69, 9.17) is 0 Å². The first kappa shape index (κ1) is 15.6. The number of carbonyl (C=O) groups is 2. The van der Waals surface area contributed by atoms with Gasteiger partial charge in [-0.15, -0.1) is 11.8 Å². The topological polar surface area (TPSA) is 67.2 Å². The van der Waals surface area contributed by atoms with Crippen molar-refractivity contribution in [3.63, 3.8) is 0 Å². The highest BCUT2D eigenvalue weighted by atomic mass is 32.2. The van der Waals surface area contributed by atoms with Crippen LogP contribution in [0.1, 0.15) is 13.3 Å². The molecular formula is C16H18N4O2S. The number of thioether (sulfide) groups is 1. The normalized spacial score (nSPS) is 17.6. The van der Waals surface area contributed by atoms with Gasteiger partial charge in [0, 0.05) is 37.3 Å². The van der Waals surface area contributed by atoms with Gasteiger partial charge in [0.2, 0.25) is 11.8 Å². The highest BCUT2D eigenvalue weighted by Gasteiger charge is 2.33. The van der Waals surface area contributed by atoms with Crippen molar-refractivity contribution in [2.45, 2.75) is 23.5 Å². The van der Waals surface area contributed by atoms with E-state index in [1.165, 1.54) is 6.92 Å². The summed E-state index contributed by atoms with van der Waals surface area (Å²) in [6.07, 6.45) is 4.38. The van der Waals surface area contributed by atoms with Crippen molar-refractivity contribution < 1.29 is 9.59 Å². The zero-order valence-electron chi connectivity index (χ0n) is 13.0. The standard InChI is InChI=1S/C16H18N4O2S/c1-11(21)18-12-3-5-14(6-4-12)23-15-7-8-20(16(15)22)13-9-17-19(2)10-13/h3-6,9-10,15H,7-8H2,1-2H3,(H,18,21). The second kappa shape index (κ2) is 6.45. The molecule has 6 nitrogen and oxygen atoms in total. The van der Waals surface area contributed by atoms with E-state index < -0.39 is 0 Å². The van der Waals surface area contributed by atoms with Gasteiger partial charge in [0.1, 0.15) is 0 Å². The van der Waals surface area contributed by atoms with Gasteiger partial charge in [-0.05, 0) is 30.7 Å². The number of carbonyl (C=O) groups excluding carboxylic acids is 2. The molecule has 3 rings (SSSR count). The number of anilines is 2. The van der Waals surface area contributed by atoms with Gasteiger partial charge < -0.3 is 10.2 Å². The number of nitrogens with one attached hydrogen (secondary N) is 1. The lowest BCUT2D eigenvalue weighted by atomic mass is 10.3. The SMILES string of the molecule is CC(=O)Nc1ccc(SC2CCN(c3cnn(C)c3)C2=O)cc1. The summed E-state index contributed by atoms with van der Waals surface area (Å²) in [6, 6.07) is 7.55. The smallest absolute Gasteiger partial charge is 0.240 e. The quantitative estimate of drug-likeness (QED) is 0.934. The minimum atomic E-state index is -0.0940. The third-order valence-electron chi connectivity index (χ3n) is 3.61. The summed E-state index contributed by atoms with van der Waals surface area (Å²) in [6.45, 7) is 2.19. The number of hydrogen-bond donors (Lipinski definition) is 1. The van der Waals surface area contributed by atoms with E-state index in [-0.39, 0.29) is 17.1 Å². The van der Waals surface area contributed by atoms with Crippen LogP contribution >= 0.6 is 11.8 Å². The van der Waals surface area contributed by atoms with Crippen molar-refractivity contribution in [1.29, 1.82) is 0 Å². The molecule has 1 aliphatic rings. The Labute approximate surface area is 138 Å². The summed E-state index contributed by atoms with van der Waals surface area (Å²) < 4.78 is 1.70. The molecule has 1 N–H and O–H groups in total. The lowest BCUT2D eigenvalue weighted by Gasteiger charge is -2.14. The fraction of sp³-hybridized carbons (Fsp3) is 0.312. The predicted molar refractivity (Wildman–Crippen MR) is 90.6 cm³/mol. The van der Waals surface area contributed by atoms with Gasteiger partial charge in [0.05, 0.1) is 17.1 Å². The van der Waals surface area contributed by atoms with Gasteiger partial charge in [0.15, 0.2) is 0 Å². The lowest BCUT2D eigenvalue weighted by molar-refractivity contribution is -0.116. The minimum Gasteiger partial charge on any atom is -0.326 e. The minimum absolute atomic E-state index is 0.0816. The predicted octanol–water partition coefficient (Wildman–Crippen LogP) is 2.28. The average molecular weight is 330 g/mol. The average Bonchev–Trinajstić information content (AvgIpc) is 3.08. The Morgan fingerprint density at radius 1 is 1.35 bits per heavy atom. The van der Waals surface area contributed by atoms with Crippen LogP contribution in [0.2, 0.25) is 0 Å². The molecule has 1 aliphatic heterocycles.